The molecule has 1 aliphatic carbocycles. The fraction of sp³-hybridized carbons (Fsp3) is 0.562. The standard InChI is InChI=1S/C16H23N3OS/c1-19-11-13(16(18-19)15-6-3-7-21-15)10-17-9-12-4-2-5-14(20)8-12/h3,6-7,11-12,14,17,20H,2,4-5,8-10H2,1H3. The van der Waals surface area contributed by atoms with E-state index in [2.05, 4.69) is 34.1 Å². The molecule has 0 amide bonds. The first-order valence-electron chi connectivity index (χ1n) is 7.67. The molecule has 2 atom stereocenters. The number of thiophene rings is 1. The highest BCUT2D eigenvalue weighted by Gasteiger charge is 2.20. The van der Waals surface area contributed by atoms with E-state index in [-0.39, 0.29) is 6.10 Å². The number of aromatic nitrogens is 2. The molecule has 1 fully saturated rings. The van der Waals surface area contributed by atoms with Crippen molar-refractivity contribution in [2.75, 3.05) is 6.54 Å². The van der Waals surface area contributed by atoms with Crippen molar-refractivity contribution in [3.05, 3.63) is 29.3 Å². The lowest BCUT2D eigenvalue weighted by Crippen LogP contribution is -2.28. The summed E-state index contributed by atoms with van der Waals surface area (Å²) in [6.07, 6.45) is 6.30. The SMILES string of the molecule is Cn1cc(CNCC2CCCC(O)C2)c(-c2cccs2)n1. The third-order valence-electron chi connectivity index (χ3n) is 4.16. The van der Waals surface area contributed by atoms with Gasteiger partial charge in [0.25, 0.3) is 0 Å². The predicted octanol–water partition coefficient (Wildman–Crippen LogP) is 2.79. The van der Waals surface area contributed by atoms with Gasteiger partial charge < -0.3 is 10.4 Å². The van der Waals surface area contributed by atoms with E-state index in [1.807, 2.05) is 11.7 Å². The molecular weight excluding hydrogens is 282 g/mol. The molecule has 2 aromatic heterocycles. The summed E-state index contributed by atoms with van der Waals surface area (Å²) >= 11 is 1.73. The normalized spacial score (nSPS) is 22.6. The maximum absolute atomic E-state index is 9.73. The van der Waals surface area contributed by atoms with E-state index in [9.17, 15) is 5.11 Å². The number of hydrogen-bond acceptors (Lipinski definition) is 4. The molecule has 5 heteroatoms. The van der Waals surface area contributed by atoms with Crippen molar-refractivity contribution in [2.24, 2.45) is 13.0 Å². The number of aliphatic hydroxyl groups excluding tert-OH is 1. The zero-order valence-electron chi connectivity index (χ0n) is 12.5. The number of aryl methyl sites for hydroxylation is 1. The molecule has 1 saturated carbocycles. The second kappa shape index (κ2) is 6.73. The average molecular weight is 305 g/mol. The number of hydrogen-bond donors (Lipinski definition) is 2. The molecule has 0 saturated heterocycles. The summed E-state index contributed by atoms with van der Waals surface area (Å²) in [6.45, 7) is 1.82. The Hall–Kier alpha value is -1.17. The minimum Gasteiger partial charge on any atom is -0.393 e. The molecule has 0 aromatic carbocycles. The van der Waals surface area contributed by atoms with Crippen LogP contribution in [0.4, 0.5) is 0 Å². The zero-order valence-corrected chi connectivity index (χ0v) is 13.3. The topological polar surface area (TPSA) is 50.1 Å². The first-order valence-corrected chi connectivity index (χ1v) is 8.55. The minimum absolute atomic E-state index is 0.0920. The van der Waals surface area contributed by atoms with E-state index in [1.165, 1.54) is 16.9 Å². The third kappa shape index (κ3) is 3.73. The molecule has 0 radical (unpaired) electrons. The van der Waals surface area contributed by atoms with Crippen LogP contribution in [-0.2, 0) is 13.6 Å². The maximum Gasteiger partial charge on any atom is 0.107 e. The first kappa shape index (κ1) is 14.8. The van der Waals surface area contributed by atoms with Crippen molar-refractivity contribution < 1.29 is 5.11 Å². The van der Waals surface area contributed by atoms with Gasteiger partial charge in [0.1, 0.15) is 5.69 Å². The monoisotopic (exact) mass is 305 g/mol. The summed E-state index contributed by atoms with van der Waals surface area (Å²) in [6, 6.07) is 4.18. The van der Waals surface area contributed by atoms with Gasteiger partial charge in [-0.3, -0.25) is 4.68 Å². The van der Waals surface area contributed by atoms with Crippen LogP contribution in [0.3, 0.4) is 0 Å². The van der Waals surface area contributed by atoms with Crippen molar-refractivity contribution in [1.29, 1.82) is 0 Å². The highest BCUT2D eigenvalue weighted by molar-refractivity contribution is 7.13. The van der Waals surface area contributed by atoms with Gasteiger partial charge in [-0.1, -0.05) is 12.5 Å². The van der Waals surface area contributed by atoms with Gasteiger partial charge in [-0.05, 0) is 43.2 Å². The van der Waals surface area contributed by atoms with E-state index in [0.717, 1.165) is 38.0 Å². The largest absolute Gasteiger partial charge is 0.393 e. The summed E-state index contributed by atoms with van der Waals surface area (Å²) in [5, 5.41) is 19.9. The number of rotatable bonds is 5. The average Bonchev–Trinajstić information content (AvgIpc) is 3.08. The lowest BCUT2D eigenvalue weighted by atomic mass is 9.87. The lowest BCUT2D eigenvalue weighted by Gasteiger charge is -2.25. The first-order chi connectivity index (χ1) is 10.2. The summed E-state index contributed by atoms with van der Waals surface area (Å²) in [5.41, 5.74) is 2.33. The quantitative estimate of drug-likeness (QED) is 0.893. The molecule has 2 aromatic rings. The Bertz CT molecular complexity index is 564. The second-order valence-electron chi connectivity index (χ2n) is 5.97. The van der Waals surface area contributed by atoms with E-state index in [4.69, 9.17) is 0 Å². The summed E-state index contributed by atoms with van der Waals surface area (Å²) in [4.78, 5) is 1.22. The van der Waals surface area contributed by atoms with Crippen LogP contribution in [0.2, 0.25) is 0 Å². The second-order valence-corrected chi connectivity index (χ2v) is 6.92. The number of nitrogens with zero attached hydrogens (tertiary/aromatic N) is 2. The molecule has 0 spiro atoms. The van der Waals surface area contributed by atoms with E-state index in [0.29, 0.717) is 5.92 Å². The molecule has 1 aliphatic rings. The van der Waals surface area contributed by atoms with E-state index < -0.39 is 0 Å². The van der Waals surface area contributed by atoms with Gasteiger partial charge in [-0.25, -0.2) is 0 Å². The van der Waals surface area contributed by atoms with Gasteiger partial charge in [-0.15, -0.1) is 11.3 Å². The van der Waals surface area contributed by atoms with Gasteiger partial charge in [0, 0.05) is 25.4 Å². The van der Waals surface area contributed by atoms with Gasteiger partial charge in [0.2, 0.25) is 0 Å². The Morgan fingerprint density at radius 2 is 2.38 bits per heavy atom. The Kier molecular flexibility index (Phi) is 4.73. The zero-order chi connectivity index (χ0) is 14.7. The Morgan fingerprint density at radius 1 is 1.48 bits per heavy atom. The van der Waals surface area contributed by atoms with Gasteiger partial charge in [-0.2, -0.15) is 5.10 Å². The van der Waals surface area contributed by atoms with Crippen molar-refractivity contribution in [2.45, 2.75) is 38.3 Å². The Balaban J connectivity index is 1.58. The van der Waals surface area contributed by atoms with E-state index >= 15 is 0 Å². The van der Waals surface area contributed by atoms with Gasteiger partial charge >= 0.3 is 0 Å². The molecule has 0 bridgehead atoms. The molecule has 2 N–H and O–H groups in total. The number of aliphatic hydroxyl groups is 1. The van der Waals surface area contributed by atoms with Crippen molar-refractivity contribution in [1.82, 2.24) is 15.1 Å². The minimum atomic E-state index is -0.0920. The molecular formula is C16H23N3OS. The van der Waals surface area contributed by atoms with Crippen LogP contribution in [0, 0.1) is 5.92 Å². The van der Waals surface area contributed by atoms with Crippen molar-refractivity contribution in [3.63, 3.8) is 0 Å². The predicted molar refractivity (Wildman–Crippen MR) is 86.2 cm³/mol. The molecule has 114 valence electrons. The van der Waals surface area contributed by atoms with Crippen LogP contribution in [0.5, 0.6) is 0 Å². The lowest BCUT2D eigenvalue weighted by molar-refractivity contribution is 0.101. The van der Waals surface area contributed by atoms with Crippen molar-refractivity contribution in [3.8, 4) is 10.6 Å². The van der Waals surface area contributed by atoms with Crippen LogP contribution in [0.15, 0.2) is 23.7 Å². The fourth-order valence-corrected chi connectivity index (χ4v) is 3.89. The van der Waals surface area contributed by atoms with Crippen LogP contribution in [0.25, 0.3) is 10.6 Å². The molecule has 4 nitrogen and oxygen atoms in total. The van der Waals surface area contributed by atoms with Gasteiger partial charge in [0.15, 0.2) is 0 Å². The van der Waals surface area contributed by atoms with Crippen LogP contribution in [-0.4, -0.2) is 27.5 Å². The third-order valence-corrected chi connectivity index (χ3v) is 5.04. The highest BCUT2D eigenvalue weighted by atomic mass is 32.1. The molecule has 2 heterocycles. The summed E-state index contributed by atoms with van der Waals surface area (Å²) in [7, 11) is 1.97. The maximum atomic E-state index is 9.73. The van der Waals surface area contributed by atoms with Crippen molar-refractivity contribution >= 4 is 11.3 Å². The van der Waals surface area contributed by atoms with E-state index in [1.54, 1.807) is 11.3 Å². The fourth-order valence-electron chi connectivity index (χ4n) is 3.15. The number of nitrogens with one attached hydrogen (secondary N) is 1. The summed E-state index contributed by atoms with van der Waals surface area (Å²) in [5.74, 6) is 0.607. The van der Waals surface area contributed by atoms with Crippen LogP contribution < -0.4 is 5.32 Å². The van der Waals surface area contributed by atoms with Crippen LogP contribution >= 0.6 is 11.3 Å². The van der Waals surface area contributed by atoms with Gasteiger partial charge in [0.05, 0.1) is 11.0 Å². The molecule has 21 heavy (non-hydrogen) atoms. The smallest absolute Gasteiger partial charge is 0.107 e. The Morgan fingerprint density at radius 3 is 3.14 bits per heavy atom. The summed E-state index contributed by atoms with van der Waals surface area (Å²) < 4.78 is 1.89. The molecule has 0 aliphatic heterocycles. The molecule has 3 rings (SSSR count). The van der Waals surface area contributed by atoms with Crippen LogP contribution in [0.1, 0.15) is 31.2 Å². The highest BCUT2D eigenvalue weighted by Crippen LogP contribution is 2.27. The Labute approximate surface area is 129 Å². The molecule has 2 unspecified atom stereocenters.